The minimum atomic E-state index is -3.98. The molecule has 0 saturated heterocycles. The highest BCUT2D eigenvalue weighted by atomic mass is 32.2. The number of carbonyl (C=O) groups excluding carboxylic acids is 2. The molecular formula is C26H26N2O6S. The number of fused-ring (bicyclic) bond motifs is 1. The van der Waals surface area contributed by atoms with Crippen LogP contribution in [0.25, 0.3) is 0 Å². The SMILES string of the molecule is COc1ccc(S(=O)(=O)Nc2ccccc2C(=O)OC(C)C(=O)N2CCCc3ccccc32)cc1. The fourth-order valence-electron chi connectivity index (χ4n) is 3.97. The lowest BCUT2D eigenvalue weighted by atomic mass is 10.0. The van der Waals surface area contributed by atoms with Crippen molar-refractivity contribution in [2.45, 2.75) is 30.8 Å². The van der Waals surface area contributed by atoms with Gasteiger partial charge in [-0.3, -0.25) is 9.52 Å². The van der Waals surface area contributed by atoms with Gasteiger partial charge in [-0.2, -0.15) is 0 Å². The number of benzene rings is 3. The molecule has 1 unspecified atom stereocenters. The van der Waals surface area contributed by atoms with Gasteiger partial charge in [-0.15, -0.1) is 0 Å². The van der Waals surface area contributed by atoms with Gasteiger partial charge in [-0.05, 0) is 67.8 Å². The minimum Gasteiger partial charge on any atom is -0.497 e. The number of carbonyl (C=O) groups is 2. The first-order valence-electron chi connectivity index (χ1n) is 11.2. The van der Waals surface area contributed by atoms with Crippen molar-refractivity contribution in [1.29, 1.82) is 0 Å². The third kappa shape index (κ3) is 5.30. The van der Waals surface area contributed by atoms with E-state index in [0.717, 1.165) is 24.1 Å². The van der Waals surface area contributed by atoms with Crippen molar-refractivity contribution < 1.29 is 27.5 Å². The lowest BCUT2D eigenvalue weighted by Gasteiger charge is -2.31. The number of aryl methyl sites for hydroxylation is 1. The summed E-state index contributed by atoms with van der Waals surface area (Å²) >= 11 is 0. The van der Waals surface area contributed by atoms with E-state index in [9.17, 15) is 18.0 Å². The van der Waals surface area contributed by atoms with E-state index in [1.807, 2.05) is 24.3 Å². The van der Waals surface area contributed by atoms with E-state index in [1.165, 1.54) is 50.4 Å². The highest BCUT2D eigenvalue weighted by Crippen LogP contribution is 2.28. The summed E-state index contributed by atoms with van der Waals surface area (Å²) in [4.78, 5) is 27.7. The summed E-state index contributed by atoms with van der Waals surface area (Å²) in [5.74, 6) is -0.617. The number of hydrogen-bond donors (Lipinski definition) is 1. The number of methoxy groups -OCH3 is 1. The molecule has 3 aromatic rings. The Morgan fingerprint density at radius 1 is 0.971 bits per heavy atom. The normalized spacial score (nSPS) is 13.9. The van der Waals surface area contributed by atoms with Gasteiger partial charge in [0.25, 0.3) is 15.9 Å². The van der Waals surface area contributed by atoms with Crippen LogP contribution in [0.3, 0.4) is 0 Å². The molecule has 8 nitrogen and oxygen atoms in total. The Bertz CT molecular complexity index is 1340. The van der Waals surface area contributed by atoms with E-state index in [0.29, 0.717) is 12.3 Å². The van der Waals surface area contributed by atoms with Gasteiger partial charge in [0.15, 0.2) is 6.10 Å². The Labute approximate surface area is 204 Å². The van der Waals surface area contributed by atoms with E-state index in [4.69, 9.17) is 9.47 Å². The second kappa shape index (κ2) is 10.2. The first-order chi connectivity index (χ1) is 16.8. The van der Waals surface area contributed by atoms with Gasteiger partial charge in [0, 0.05) is 12.2 Å². The summed E-state index contributed by atoms with van der Waals surface area (Å²) < 4.78 is 38.7. The molecule has 35 heavy (non-hydrogen) atoms. The molecule has 1 N–H and O–H groups in total. The number of sulfonamides is 1. The maximum absolute atomic E-state index is 13.1. The van der Waals surface area contributed by atoms with Crippen LogP contribution in [0.2, 0.25) is 0 Å². The van der Waals surface area contributed by atoms with Crippen molar-refractivity contribution in [2.24, 2.45) is 0 Å². The van der Waals surface area contributed by atoms with Gasteiger partial charge in [-0.25, -0.2) is 13.2 Å². The molecule has 0 fully saturated rings. The number of amides is 1. The summed E-state index contributed by atoms with van der Waals surface area (Å²) in [5, 5.41) is 0. The van der Waals surface area contributed by atoms with Crippen LogP contribution in [-0.4, -0.2) is 40.1 Å². The average molecular weight is 495 g/mol. The van der Waals surface area contributed by atoms with Gasteiger partial charge in [-0.1, -0.05) is 30.3 Å². The number of rotatable bonds is 7. The molecule has 0 spiro atoms. The van der Waals surface area contributed by atoms with Gasteiger partial charge < -0.3 is 14.4 Å². The zero-order chi connectivity index (χ0) is 25.0. The van der Waals surface area contributed by atoms with E-state index in [2.05, 4.69) is 4.72 Å². The van der Waals surface area contributed by atoms with E-state index < -0.39 is 22.1 Å². The molecule has 0 radical (unpaired) electrons. The third-order valence-corrected chi connectivity index (χ3v) is 7.15. The van der Waals surface area contributed by atoms with Crippen LogP contribution in [0.1, 0.15) is 29.3 Å². The maximum Gasteiger partial charge on any atom is 0.341 e. The molecule has 0 aromatic heterocycles. The van der Waals surface area contributed by atoms with E-state index in [-0.39, 0.29) is 22.1 Å². The molecule has 182 valence electrons. The van der Waals surface area contributed by atoms with Gasteiger partial charge in [0.2, 0.25) is 0 Å². The largest absolute Gasteiger partial charge is 0.497 e. The van der Waals surface area contributed by atoms with Gasteiger partial charge in [0.05, 0.1) is 23.3 Å². The highest BCUT2D eigenvalue weighted by molar-refractivity contribution is 7.92. The summed E-state index contributed by atoms with van der Waals surface area (Å²) in [7, 11) is -2.49. The molecule has 0 saturated carbocycles. The average Bonchev–Trinajstić information content (AvgIpc) is 2.88. The van der Waals surface area contributed by atoms with Crippen molar-refractivity contribution in [3.05, 3.63) is 83.9 Å². The summed E-state index contributed by atoms with van der Waals surface area (Å²) in [6, 6.07) is 19.6. The second-order valence-corrected chi connectivity index (χ2v) is 9.78. The Balaban J connectivity index is 1.50. The van der Waals surface area contributed by atoms with Gasteiger partial charge >= 0.3 is 5.97 Å². The standard InChI is InChI=1S/C26H26N2O6S/c1-18(25(29)28-17-7-9-19-8-3-6-12-24(19)28)34-26(30)22-10-4-5-11-23(22)27-35(31,32)21-15-13-20(33-2)14-16-21/h3-6,8,10-16,18,27H,7,9,17H2,1-2H3. The quantitative estimate of drug-likeness (QED) is 0.498. The number of anilines is 2. The first-order valence-corrected chi connectivity index (χ1v) is 12.6. The third-order valence-electron chi connectivity index (χ3n) is 5.77. The zero-order valence-electron chi connectivity index (χ0n) is 19.4. The number of esters is 1. The minimum absolute atomic E-state index is 0.00304. The lowest BCUT2D eigenvalue weighted by Crippen LogP contribution is -2.42. The number of ether oxygens (including phenoxy) is 2. The second-order valence-electron chi connectivity index (χ2n) is 8.10. The molecule has 0 bridgehead atoms. The summed E-state index contributed by atoms with van der Waals surface area (Å²) in [6.45, 7) is 2.05. The first kappa shape index (κ1) is 24.3. The fraction of sp³-hybridized carbons (Fsp3) is 0.231. The molecule has 4 rings (SSSR count). The zero-order valence-corrected chi connectivity index (χ0v) is 20.2. The van der Waals surface area contributed by atoms with Crippen LogP contribution in [-0.2, 0) is 26.0 Å². The summed E-state index contributed by atoms with van der Waals surface area (Å²) in [5.41, 5.74) is 1.95. The number of nitrogens with zero attached hydrogens (tertiary/aromatic N) is 1. The van der Waals surface area contributed by atoms with Crippen LogP contribution in [0.4, 0.5) is 11.4 Å². The van der Waals surface area contributed by atoms with Crippen molar-refractivity contribution in [1.82, 2.24) is 0 Å². The van der Waals surface area contributed by atoms with Crippen molar-refractivity contribution in [2.75, 3.05) is 23.3 Å². The van der Waals surface area contributed by atoms with Crippen LogP contribution >= 0.6 is 0 Å². The van der Waals surface area contributed by atoms with Crippen LogP contribution in [0.15, 0.2) is 77.7 Å². The van der Waals surface area contributed by atoms with Crippen molar-refractivity contribution >= 4 is 33.3 Å². The molecular weight excluding hydrogens is 468 g/mol. The smallest absolute Gasteiger partial charge is 0.341 e. The molecule has 1 aliphatic heterocycles. The number of nitrogens with one attached hydrogen (secondary N) is 1. The van der Waals surface area contributed by atoms with E-state index in [1.54, 1.807) is 17.0 Å². The van der Waals surface area contributed by atoms with Crippen molar-refractivity contribution in [3.63, 3.8) is 0 Å². The van der Waals surface area contributed by atoms with Gasteiger partial charge in [0.1, 0.15) is 5.75 Å². The topological polar surface area (TPSA) is 102 Å². The predicted molar refractivity (Wildman–Crippen MR) is 132 cm³/mol. The molecule has 9 heteroatoms. The monoisotopic (exact) mass is 494 g/mol. The van der Waals surface area contributed by atoms with Crippen LogP contribution in [0, 0.1) is 0 Å². The fourth-order valence-corrected chi connectivity index (χ4v) is 5.04. The molecule has 1 amide bonds. The van der Waals surface area contributed by atoms with Crippen molar-refractivity contribution in [3.8, 4) is 5.75 Å². The Morgan fingerprint density at radius 2 is 1.66 bits per heavy atom. The molecule has 1 aliphatic rings. The molecule has 1 heterocycles. The highest BCUT2D eigenvalue weighted by Gasteiger charge is 2.29. The Kier molecular flexibility index (Phi) is 7.07. The maximum atomic E-state index is 13.1. The Morgan fingerprint density at radius 3 is 2.40 bits per heavy atom. The van der Waals surface area contributed by atoms with Crippen LogP contribution < -0.4 is 14.4 Å². The molecule has 1 atom stereocenters. The molecule has 3 aromatic carbocycles. The lowest BCUT2D eigenvalue weighted by molar-refractivity contribution is -0.126. The van der Waals surface area contributed by atoms with E-state index >= 15 is 0 Å². The van der Waals surface area contributed by atoms with Crippen LogP contribution in [0.5, 0.6) is 5.75 Å². The Hall–Kier alpha value is -3.85. The summed E-state index contributed by atoms with van der Waals surface area (Å²) in [6.07, 6.45) is 0.648. The number of para-hydroxylation sites is 2. The number of hydrogen-bond acceptors (Lipinski definition) is 6. The predicted octanol–water partition coefficient (Wildman–Crippen LogP) is 4.02. The molecule has 0 aliphatic carbocycles.